The summed E-state index contributed by atoms with van der Waals surface area (Å²) in [7, 11) is -3.06. The average Bonchev–Trinajstić information content (AvgIpc) is 3.69. The van der Waals surface area contributed by atoms with Gasteiger partial charge in [-0.1, -0.05) is 78.1 Å². The van der Waals surface area contributed by atoms with Crippen molar-refractivity contribution in [2.24, 2.45) is 11.7 Å². The lowest BCUT2D eigenvalue weighted by atomic mass is 9.97. The van der Waals surface area contributed by atoms with Gasteiger partial charge in [-0.25, -0.2) is 13.8 Å². The summed E-state index contributed by atoms with van der Waals surface area (Å²) in [5.74, 6) is -6.26. The van der Waals surface area contributed by atoms with E-state index in [9.17, 15) is 72.1 Å². The van der Waals surface area contributed by atoms with Gasteiger partial charge in [-0.15, -0.1) is 0 Å². The van der Waals surface area contributed by atoms with E-state index in [0.717, 1.165) is 62.7 Å². The summed E-state index contributed by atoms with van der Waals surface area (Å²) in [5.41, 5.74) is 3.80. The molecule has 3 aliphatic rings. The molecule has 9 N–H and O–H groups in total. The topological polar surface area (TPSA) is 384 Å². The normalized spacial score (nSPS) is 28.5. The molecular formula is C44H71N5O21S. The highest BCUT2D eigenvalue weighted by Gasteiger charge is 2.58. The van der Waals surface area contributed by atoms with Crippen LogP contribution >= 0.6 is 0 Å². The van der Waals surface area contributed by atoms with Crippen molar-refractivity contribution in [1.82, 2.24) is 19.4 Å². The highest BCUT2D eigenvalue weighted by Crippen LogP contribution is 2.37. The number of H-pyrrole nitrogens is 1. The van der Waals surface area contributed by atoms with Crippen LogP contribution in [0.25, 0.3) is 0 Å². The maximum absolute atomic E-state index is 14.7. The number of nitrogens with two attached hydrogens (primary N) is 1. The lowest BCUT2D eigenvalue weighted by Gasteiger charge is -2.38. The Bertz CT molecular complexity index is 2160. The molecule has 1 aromatic rings. The van der Waals surface area contributed by atoms with Crippen LogP contribution < -0.4 is 17.0 Å². The standard InChI is InChI=1S/C44H71N5O21S/c1-5-6-7-8-9-10-11-12-13-14-15-16-25(65-30(53)20-24(2)19-29(51)52)21-31(54)66-27-23-47(3)33(40(58)48(4)32(27)42(59)60)37(69-43-39(70-71(62,63)64)34(55)26(22-45)67-43)38-35(56)36(57)41(68-38)49-18-17-28(50)46-44(49)61/h17-18,24-27,32-39,41,43,55-57H,5-16,19-23,45H2,1-4H3,(H,51,52)(H,59,60)(H,46,50,61)(H,62,63,64). The number of hydrogen-bond acceptors (Lipinski definition) is 20. The van der Waals surface area contributed by atoms with Crippen LogP contribution in [0, 0.1) is 5.92 Å². The molecule has 0 aromatic carbocycles. The molecule has 0 aliphatic carbocycles. The van der Waals surface area contributed by atoms with Crippen LogP contribution in [0.2, 0.25) is 0 Å². The third kappa shape index (κ3) is 17.1. The van der Waals surface area contributed by atoms with Gasteiger partial charge in [0.05, 0.1) is 6.42 Å². The van der Waals surface area contributed by atoms with Crippen LogP contribution in [0.3, 0.4) is 0 Å². The van der Waals surface area contributed by atoms with Gasteiger partial charge in [-0.2, -0.15) is 8.42 Å². The Hall–Kier alpha value is -4.42. The average molecular weight is 1040 g/mol. The van der Waals surface area contributed by atoms with Crippen molar-refractivity contribution < 1.29 is 90.3 Å². The smallest absolute Gasteiger partial charge is 0.397 e. The molecule has 0 bridgehead atoms. The zero-order valence-corrected chi connectivity index (χ0v) is 41.2. The zero-order valence-electron chi connectivity index (χ0n) is 40.4. The van der Waals surface area contributed by atoms with Crippen molar-refractivity contribution in [3.8, 4) is 0 Å². The Morgan fingerprint density at radius 2 is 1.49 bits per heavy atom. The number of nitrogens with zero attached hydrogens (tertiary/aromatic N) is 3. The van der Waals surface area contributed by atoms with Gasteiger partial charge in [-0.05, 0) is 25.8 Å². The first-order chi connectivity index (χ1) is 33.5. The number of aromatic amines is 1. The summed E-state index contributed by atoms with van der Waals surface area (Å²) in [6.45, 7) is 2.64. The van der Waals surface area contributed by atoms with E-state index in [0.29, 0.717) is 15.9 Å². The number of ether oxygens (including phenoxy) is 5. The number of hydrogen-bond donors (Lipinski definition) is 8. The maximum atomic E-state index is 14.7. The Morgan fingerprint density at radius 3 is 2.06 bits per heavy atom. The molecule has 404 valence electrons. The predicted molar refractivity (Wildman–Crippen MR) is 244 cm³/mol. The van der Waals surface area contributed by atoms with Crippen molar-refractivity contribution in [3.05, 3.63) is 33.1 Å². The number of aliphatic hydroxyl groups is 3. The van der Waals surface area contributed by atoms with Crippen LogP contribution in [0.4, 0.5) is 0 Å². The number of unbranched alkanes of at least 4 members (excludes halogenated alkanes) is 10. The first kappa shape index (κ1) is 59.1. The molecule has 3 fully saturated rings. The number of aromatic nitrogens is 2. The summed E-state index contributed by atoms with van der Waals surface area (Å²) in [6.07, 6.45) is -8.76. The molecule has 4 heterocycles. The summed E-state index contributed by atoms with van der Waals surface area (Å²) in [5, 5.41) is 53.4. The van der Waals surface area contributed by atoms with Gasteiger partial charge in [0.15, 0.2) is 24.7 Å². The molecule has 3 aliphatic heterocycles. The van der Waals surface area contributed by atoms with E-state index in [4.69, 9.17) is 29.4 Å². The number of aliphatic carboxylic acids is 2. The number of carboxylic acid groups (broad SMARTS) is 2. The fraction of sp³-hybridized carbons (Fsp3) is 0.795. The number of likely N-dealkylation sites (N-methyl/N-ethyl adjacent to an activating group) is 2. The highest BCUT2D eigenvalue weighted by molar-refractivity contribution is 7.80. The molecule has 14 unspecified atom stereocenters. The molecule has 4 rings (SSSR count). The molecule has 0 radical (unpaired) electrons. The third-order valence-electron chi connectivity index (χ3n) is 12.8. The first-order valence-corrected chi connectivity index (χ1v) is 25.3. The minimum atomic E-state index is -5.37. The van der Waals surface area contributed by atoms with Gasteiger partial charge >= 0.3 is 40.0 Å². The van der Waals surface area contributed by atoms with Crippen LogP contribution in [0.15, 0.2) is 21.9 Å². The van der Waals surface area contributed by atoms with Crippen LogP contribution in [0.1, 0.15) is 116 Å². The van der Waals surface area contributed by atoms with E-state index in [1.807, 2.05) is 4.98 Å². The zero-order chi connectivity index (χ0) is 52.7. The molecule has 14 atom stereocenters. The van der Waals surface area contributed by atoms with E-state index in [-0.39, 0.29) is 19.3 Å². The highest BCUT2D eigenvalue weighted by atomic mass is 32.3. The van der Waals surface area contributed by atoms with E-state index < -0.39 is 156 Å². The van der Waals surface area contributed by atoms with Crippen LogP contribution in [-0.2, 0) is 62.2 Å². The maximum Gasteiger partial charge on any atom is 0.397 e. The molecule has 0 spiro atoms. The summed E-state index contributed by atoms with van der Waals surface area (Å²) >= 11 is 0. The summed E-state index contributed by atoms with van der Waals surface area (Å²) < 4.78 is 68.1. The molecule has 71 heavy (non-hydrogen) atoms. The van der Waals surface area contributed by atoms with E-state index in [1.54, 1.807) is 6.92 Å². The Morgan fingerprint density at radius 1 is 0.873 bits per heavy atom. The Labute approximate surface area is 410 Å². The minimum absolute atomic E-state index is 0.213. The Balaban J connectivity index is 1.62. The van der Waals surface area contributed by atoms with Crippen molar-refractivity contribution in [2.75, 3.05) is 27.2 Å². The quantitative estimate of drug-likeness (QED) is 0.0282. The number of carbonyl (C=O) groups excluding carboxylic acids is 3. The lowest BCUT2D eigenvalue weighted by molar-refractivity contribution is -0.230. The molecular weight excluding hydrogens is 967 g/mol. The van der Waals surface area contributed by atoms with Crippen molar-refractivity contribution >= 4 is 40.2 Å². The largest absolute Gasteiger partial charge is 0.481 e. The number of carbonyl (C=O) groups is 5. The van der Waals surface area contributed by atoms with Gasteiger partial charge < -0.3 is 59.9 Å². The third-order valence-corrected chi connectivity index (χ3v) is 13.3. The van der Waals surface area contributed by atoms with Gasteiger partial charge in [0.1, 0.15) is 54.9 Å². The van der Waals surface area contributed by atoms with E-state index in [2.05, 4.69) is 11.1 Å². The molecule has 3 saturated heterocycles. The minimum Gasteiger partial charge on any atom is -0.481 e. The number of rotatable bonds is 29. The van der Waals surface area contributed by atoms with Crippen LogP contribution in [-0.4, -0.2) is 188 Å². The second-order valence-corrected chi connectivity index (χ2v) is 19.6. The summed E-state index contributed by atoms with van der Waals surface area (Å²) in [4.78, 5) is 94.3. The van der Waals surface area contributed by atoms with Gasteiger partial charge in [0.2, 0.25) is 5.91 Å². The SMILES string of the molecule is CCCCCCCCCCCCCC(CC(=O)OC1CN(C)C(C(OC2OC(CN)C(O)C2OS(=O)(=O)O)C2OC(n3ccc(=O)[nH]c3=O)C(O)C2O)C(=O)N(C)C1C(=O)O)OC(=O)CC(C)CC(=O)O. The number of esters is 2. The number of carboxylic acids is 2. The van der Waals surface area contributed by atoms with Gasteiger partial charge in [-0.3, -0.25) is 43.0 Å². The molecule has 1 amide bonds. The van der Waals surface area contributed by atoms with Crippen molar-refractivity contribution in [1.29, 1.82) is 0 Å². The number of nitrogens with one attached hydrogen (secondary N) is 1. The second-order valence-electron chi connectivity index (χ2n) is 18.5. The number of aliphatic hydroxyl groups excluding tert-OH is 3. The lowest BCUT2D eigenvalue weighted by Crippen LogP contribution is -2.60. The first-order valence-electron chi connectivity index (χ1n) is 24.0. The Kier molecular flexibility index (Phi) is 23.0. The fourth-order valence-corrected chi connectivity index (χ4v) is 9.67. The van der Waals surface area contributed by atoms with Crippen molar-refractivity contribution in [3.63, 3.8) is 0 Å². The number of amides is 1. The van der Waals surface area contributed by atoms with E-state index >= 15 is 0 Å². The van der Waals surface area contributed by atoms with E-state index in [1.165, 1.54) is 32.7 Å². The fourth-order valence-electron chi connectivity index (χ4n) is 9.18. The van der Waals surface area contributed by atoms with Gasteiger partial charge in [0, 0.05) is 45.2 Å². The van der Waals surface area contributed by atoms with Gasteiger partial charge in [0.25, 0.3) is 5.56 Å². The monoisotopic (exact) mass is 1040 g/mol. The molecule has 26 nitrogen and oxygen atoms in total. The molecule has 27 heteroatoms. The molecule has 1 aromatic heterocycles. The van der Waals surface area contributed by atoms with Crippen molar-refractivity contribution in [2.45, 2.75) is 190 Å². The summed E-state index contributed by atoms with van der Waals surface area (Å²) in [6, 6.07) is -2.88. The molecule has 0 saturated carbocycles. The second kappa shape index (κ2) is 27.6. The van der Waals surface area contributed by atoms with Crippen LogP contribution in [0.5, 0.6) is 0 Å². The predicted octanol–water partition coefficient (Wildman–Crippen LogP) is -0.585.